The zero-order valence-electron chi connectivity index (χ0n) is 11.4. The molecule has 21 heavy (non-hydrogen) atoms. The second-order valence-electron chi connectivity index (χ2n) is 4.77. The van der Waals surface area contributed by atoms with Crippen molar-refractivity contribution in [1.82, 2.24) is 4.98 Å². The Kier molecular flexibility index (Phi) is 4.44. The molecule has 3 rings (SSSR count). The molecule has 2 aromatic carbocycles. The van der Waals surface area contributed by atoms with Crippen LogP contribution >= 0.6 is 23.4 Å². The van der Waals surface area contributed by atoms with Crippen molar-refractivity contribution in [3.8, 4) is 0 Å². The van der Waals surface area contributed by atoms with Crippen molar-refractivity contribution < 1.29 is 0 Å². The van der Waals surface area contributed by atoms with E-state index >= 15 is 0 Å². The lowest BCUT2D eigenvalue weighted by Crippen LogP contribution is -2.13. The second-order valence-corrected chi connectivity index (χ2v) is 6.24. The number of para-hydroxylation sites is 1. The molecule has 0 fully saturated rings. The van der Waals surface area contributed by atoms with Gasteiger partial charge in [-0.1, -0.05) is 48.0 Å². The predicted octanol–water partition coefficient (Wildman–Crippen LogP) is 4.68. The van der Waals surface area contributed by atoms with Gasteiger partial charge in [-0.25, -0.2) is 0 Å². The number of hydrogen-bond donors (Lipinski definition) is 1. The van der Waals surface area contributed by atoms with E-state index < -0.39 is 0 Å². The zero-order valence-corrected chi connectivity index (χ0v) is 12.9. The summed E-state index contributed by atoms with van der Waals surface area (Å²) in [5, 5.41) is 1.89. The Balaban J connectivity index is 1.81. The van der Waals surface area contributed by atoms with Gasteiger partial charge in [-0.2, -0.15) is 0 Å². The van der Waals surface area contributed by atoms with Gasteiger partial charge in [-0.05, 0) is 23.8 Å². The Morgan fingerprint density at radius 1 is 1.05 bits per heavy atom. The van der Waals surface area contributed by atoms with E-state index in [2.05, 4.69) is 17.1 Å². The smallest absolute Gasteiger partial charge is 0.0749 e. The maximum atomic E-state index is 6.36. The molecule has 1 heterocycles. The highest BCUT2D eigenvalue weighted by Gasteiger charge is 2.12. The lowest BCUT2D eigenvalue weighted by molar-refractivity contribution is 0.837. The van der Waals surface area contributed by atoms with Gasteiger partial charge < -0.3 is 5.73 Å². The molecule has 0 aliphatic carbocycles. The SMILES string of the molecule is NC(CSc1ccccc1Cl)c1cccc2cccnc12. The van der Waals surface area contributed by atoms with E-state index in [0.29, 0.717) is 0 Å². The van der Waals surface area contributed by atoms with E-state index in [0.717, 1.165) is 32.1 Å². The number of pyridine rings is 1. The summed E-state index contributed by atoms with van der Waals surface area (Å²) in [5.41, 5.74) is 8.41. The number of halogens is 1. The number of rotatable bonds is 4. The van der Waals surface area contributed by atoms with Crippen LogP contribution < -0.4 is 5.73 Å². The summed E-state index contributed by atoms with van der Waals surface area (Å²) < 4.78 is 0. The number of nitrogens with two attached hydrogens (primary N) is 1. The van der Waals surface area contributed by atoms with Crippen LogP contribution in [0, 0.1) is 0 Å². The Hall–Kier alpha value is -1.55. The van der Waals surface area contributed by atoms with Crippen LogP contribution in [0.2, 0.25) is 5.02 Å². The molecular formula is C17H15ClN2S. The highest BCUT2D eigenvalue weighted by atomic mass is 35.5. The van der Waals surface area contributed by atoms with E-state index in [1.165, 1.54) is 0 Å². The van der Waals surface area contributed by atoms with Crippen LogP contribution in [0.5, 0.6) is 0 Å². The molecule has 0 saturated carbocycles. The minimum Gasteiger partial charge on any atom is -0.323 e. The first-order valence-electron chi connectivity index (χ1n) is 6.72. The first-order chi connectivity index (χ1) is 10.3. The largest absolute Gasteiger partial charge is 0.323 e. The Bertz CT molecular complexity index is 755. The Morgan fingerprint density at radius 2 is 1.86 bits per heavy atom. The van der Waals surface area contributed by atoms with Crippen molar-refractivity contribution in [2.45, 2.75) is 10.9 Å². The summed E-state index contributed by atoms with van der Waals surface area (Å²) in [7, 11) is 0. The van der Waals surface area contributed by atoms with Gasteiger partial charge in [-0.15, -0.1) is 11.8 Å². The number of fused-ring (bicyclic) bond motifs is 1. The van der Waals surface area contributed by atoms with Gasteiger partial charge in [0.15, 0.2) is 0 Å². The molecule has 0 saturated heterocycles. The van der Waals surface area contributed by atoms with E-state index in [1.54, 1.807) is 18.0 Å². The van der Waals surface area contributed by atoms with Gasteiger partial charge in [0.2, 0.25) is 0 Å². The van der Waals surface area contributed by atoms with E-state index in [4.69, 9.17) is 17.3 Å². The van der Waals surface area contributed by atoms with Crippen molar-refractivity contribution in [2.75, 3.05) is 5.75 Å². The standard InChI is InChI=1S/C17H15ClN2S/c18-14-8-1-2-9-16(14)21-11-15(19)13-7-3-5-12-6-4-10-20-17(12)13/h1-10,15H,11,19H2. The minimum absolute atomic E-state index is 0.0788. The molecule has 0 radical (unpaired) electrons. The number of aromatic nitrogens is 1. The van der Waals surface area contributed by atoms with Gasteiger partial charge in [0.25, 0.3) is 0 Å². The molecule has 106 valence electrons. The fraction of sp³-hybridized carbons (Fsp3) is 0.118. The predicted molar refractivity (Wildman–Crippen MR) is 90.8 cm³/mol. The maximum Gasteiger partial charge on any atom is 0.0749 e. The second kappa shape index (κ2) is 6.48. The molecule has 1 atom stereocenters. The van der Waals surface area contributed by atoms with Crippen LogP contribution in [0.1, 0.15) is 11.6 Å². The van der Waals surface area contributed by atoms with Gasteiger partial charge in [0.05, 0.1) is 10.5 Å². The molecule has 0 spiro atoms. The third-order valence-electron chi connectivity index (χ3n) is 3.32. The summed E-state index contributed by atoms with van der Waals surface area (Å²) in [6, 6.07) is 17.9. The highest BCUT2D eigenvalue weighted by molar-refractivity contribution is 7.99. The van der Waals surface area contributed by atoms with E-state index in [9.17, 15) is 0 Å². The molecule has 2 N–H and O–H groups in total. The first-order valence-corrected chi connectivity index (χ1v) is 8.08. The summed E-state index contributed by atoms with van der Waals surface area (Å²) in [6.45, 7) is 0. The van der Waals surface area contributed by atoms with Crippen LogP contribution in [-0.2, 0) is 0 Å². The van der Waals surface area contributed by atoms with Gasteiger partial charge >= 0.3 is 0 Å². The number of thioether (sulfide) groups is 1. The Morgan fingerprint density at radius 3 is 2.71 bits per heavy atom. The first kappa shape index (κ1) is 14.4. The van der Waals surface area contributed by atoms with Crippen molar-refractivity contribution in [1.29, 1.82) is 0 Å². The minimum atomic E-state index is -0.0788. The normalized spacial score (nSPS) is 12.5. The Labute approximate surface area is 133 Å². The quantitative estimate of drug-likeness (QED) is 0.711. The average molecular weight is 315 g/mol. The molecule has 2 nitrogen and oxygen atoms in total. The fourth-order valence-corrected chi connectivity index (χ4v) is 3.48. The molecule has 1 unspecified atom stereocenters. The van der Waals surface area contributed by atoms with Crippen LogP contribution in [-0.4, -0.2) is 10.7 Å². The van der Waals surface area contributed by atoms with E-state index in [1.807, 2.05) is 42.5 Å². The van der Waals surface area contributed by atoms with Crippen LogP contribution in [0.15, 0.2) is 65.7 Å². The summed E-state index contributed by atoms with van der Waals surface area (Å²) in [6.07, 6.45) is 1.81. The molecule has 0 amide bonds. The monoisotopic (exact) mass is 314 g/mol. The molecule has 4 heteroatoms. The third kappa shape index (κ3) is 3.21. The topological polar surface area (TPSA) is 38.9 Å². The third-order valence-corrected chi connectivity index (χ3v) is 4.95. The molecular weight excluding hydrogens is 300 g/mol. The zero-order chi connectivity index (χ0) is 14.7. The summed E-state index contributed by atoms with van der Waals surface area (Å²) >= 11 is 7.85. The lowest BCUT2D eigenvalue weighted by Gasteiger charge is -2.14. The van der Waals surface area contributed by atoms with Gasteiger partial charge in [0, 0.05) is 28.3 Å². The van der Waals surface area contributed by atoms with Crippen molar-refractivity contribution in [2.24, 2.45) is 5.73 Å². The van der Waals surface area contributed by atoms with Crippen molar-refractivity contribution >= 4 is 34.3 Å². The molecule has 0 aliphatic rings. The number of hydrogen-bond acceptors (Lipinski definition) is 3. The highest BCUT2D eigenvalue weighted by Crippen LogP contribution is 2.30. The van der Waals surface area contributed by atoms with Crippen molar-refractivity contribution in [3.63, 3.8) is 0 Å². The van der Waals surface area contributed by atoms with Crippen LogP contribution in [0.4, 0.5) is 0 Å². The van der Waals surface area contributed by atoms with Crippen LogP contribution in [0.25, 0.3) is 10.9 Å². The van der Waals surface area contributed by atoms with E-state index in [-0.39, 0.29) is 6.04 Å². The number of benzene rings is 2. The molecule has 3 aromatic rings. The average Bonchev–Trinajstić information content (AvgIpc) is 2.53. The van der Waals surface area contributed by atoms with Crippen LogP contribution in [0.3, 0.4) is 0 Å². The molecule has 0 aliphatic heterocycles. The molecule has 1 aromatic heterocycles. The van der Waals surface area contributed by atoms with Gasteiger partial charge in [0.1, 0.15) is 0 Å². The lowest BCUT2D eigenvalue weighted by atomic mass is 10.0. The fourth-order valence-electron chi connectivity index (χ4n) is 2.26. The summed E-state index contributed by atoms with van der Waals surface area (Å²) in [4.78, 5) is 5.52. The number of nitrogens with zero attached hydrogens (tertiary/aromatic N) is 1. The van der Waals surface area contributed by atoms with Crippen molar-refractivity contribution in [3.05, 3.63) is 71.4 Å². The summed E-state index contributed by atoms with van der Waals surface area (Å²) in [5.74, 6) is 0.763. The molecule has 0 bridgehead atoms. The van der Waals surface area contributed by atoms with Gasteiger partial charge in [-0.3, -0.25) is 4.98 Å². The maximum absolute atomic E-state index is 6.36.